The van der Waals surface area contributed by atoms with E-state index in [0.29, 0.717) is 23.0 Å². The highest BCUT2D eigenvalue weighted by atomic mass is 16.2. The number of nitrogens with two attached hydrogens (primary N) is 1. The summed E-state index contributed by atoms with van der Waals surface area (Å²) in [6.07, 6.45) is 6.05. The maximum absolute atomic E-state index is 12.7. The van der Waals surface area contributed by atoms with Crippen molar-refractivity contribution in [2.24, 2.45) is 4.99 Å². The number of nitrogens with one attached hydrogen (secondary N) is 1. The van der Waals surface area contributed by atoms with Crippen molar-refractivity contribution in [3.05, 3.63) is 21.6 Å². The van der Waals surface area contributed by atoms with Gasteiger partial charge in [-0.3, -0.25) is 19.5 Å². The van der Waals surface area contributed by atoms with E-state index in [2.05, 4.69) is 20.3 Å². The molecule has 3 rings (SSSR count). The average molecular weight is 374 g/mol. The lowest BCUT2D eigenvalue weighted by Gasteiger charge is -2.33. The molecule has 1 aliphatic heterocycles. The summed E-state index contributed by atoms with van der Waals surface area (Å²) in [6, 6.07) is 0.841. The fourth-order valence-corrected chi connectivity index (χ4v) is 3.71. The number of amides is 1. The van der Waals surface area contributed by atoms with E-state index >= 15 is 0 Å². The molecule has 1 aliphatic carbocycles. The van der Waals surface area contributed by atoms with Crippen LogP contribution in [-0.2, 0) is 11.3 Å². The van der Waals surface area contributed by atoms with Crippen LogP contribution in [-0.4, -0.2) is 59.0 Å². The summed E-state index contributed by atoms with van der Waals surface area (Å²) in [4.78, 5) is 31.6. The van der Waals surface area contributed by atoms with Crippen molar-refractivity contribution in [1.82, 2.24) is 20.0 Å². The zero-order chi connectivity index (χ0) is 19.6. The molecule has 1 aromatic heterocycles. The van der Waals surface area contributed by atoms with Crippen molar-refractivity contribution >= 4 is 17.8 Å². The van der Waals surface area contributed by atoms with Crippen LogP contribution in [0.3, 0.4) is 0 Å². The monoisotopic (exact) mass is 374 g/mol. The number of carbonyl (C=O) groups is 1. The third-order valence-electron chi connectivity index (χ3n) is 5.24. The van der Waals surface area contributed by atoms with Gasteiger partial charge < -0.3 is 11.1 Å². The van der Waals surface area contributed by atoms with E-state index in [9.17, 15) is 9.59 Å². The van der Waals surface area contributed by atoms with Crippen LogP contribution in [0.2, 0.25) is 0 Å². The van der Waals surface area contributed by atoms with Gasteiger partial charge in [0.05, 0.1) is 16.9 Å². The van der Waals surface area contributed by atoms with Gasteiger partial charge in [-0.1, -0.05) is 13.8 Å². The van der Waals surface area contributed by atoms with Crippen molar-refractivity contribution in [3.8, 4) is 0 Å². The zero-order valence-electron chi connectivity index (χ0n) is 16.4. The first-order chi connectivity index (χ1) is 12.9. The van der Waals surface area contributed by atoms with Crippen LogP contribution in [0, 0.1) is 0 Å². The first-order valence-corrected chi connectivity index (χ1v) is 9.76. The van der Waals surface area contributed by atoms with E-state index in [1.54, 1.807) is 7.05 Å². The molecule has 148 valence electrons. The Hall–Kier alpha value is -2.22. The highest BCUT2D eigenvalue weighted by Crippen LogP contribution is 2.29. The Morgan fingerprint density at radius 1 is 1.41 bits per heavy atom. The highest BCUT2D eigenvalue weighted by molar-refractivity contribution is 5.87. The molecule has 2 heterocycles. The van der Waals surface area contributed by atoms with Crippen molar-refractivity contribution in [1.29, 1.82) is 0 Å². The van der Waals surface area contributed by atoms with Gasteiger partial charge in [0.15, 0.2) is 0 Å². The van der Waals surface area contributed by atoms with E-state index in [0.717, 1.165) is 25.9 Å². The summed E-state index contributed by atoms with van der Waals surface area (Å²) in [7, 11) is 1.58. The second-order valence-corrected chi connectivity index (χ2v) is 7.85. The Balaban J connectivity index is 1.74. The predicted octanol–water partition coefficient (Wildman–Crippen LogP) is 0.741. The first-order valence-electron chi connectivity index (χ1n) is 9.76. The summed E-state index contributed by atoms with van der Waals surface area (Å²) < 4.78 is 1.21. The maximum Gasteiger partial charge on any atom is 0.278 e. The summed E-state index contributed by atoms with van der Waals surface area (Å²) in [6.45, 7) is 5.81. The Morgan fingerprint density at radius 2 is 2.15 bits per heavy atom. The van der Waals surface area contributed by atoms with Gasteiger partial charge in [-0.2, -0.15) is 5.10 Å². The lowest BCUT2D eigenvalue weighted by Crippen LogP contribution is -2.49. The highest BCUT2D eigenvalue weighted by Gasteiger charge is 2.33. The van der Waals surface area contributed by atoms with Gasteiger partial charge in [-0.15, -0.1) is 0 Å². The SMILES string of the molecule is CN=Cc1c(N)c(C(C)C)nn(CC(=O)NC2CCCN(C3CC3)C2)c1=O. The van der Waals surface area contributed by atoms with E-state index in [1.165, 1.54) is 23.7 Å². The summed E-state index contributed by atoms with van der Waals surface area (Å²) in [5.74, 6) is -0.152. The molecule has 1 saturated heterocycles. The standard InChI is InChI=1S/C19H30N6O2/c1-12(2)18-17(20)15(9-21-3)19(27)25(23-18)11-16(26)22-13-5-4-8-24(10-13)14-6-7-14/h9,12-14H,4-8,10-11,20H2,1-3H3,(H,22,26). The number of hydrogen-bond donors (Lipinski definition) is 2. The number of anilines is 1. The van der Waals surface area contributed by atoms with Crippen molar-refractivity contribution < 1.29 is 4.79 Å². The lowest BCUT2D eigenvalue weighted by molar-refractivity contribution is -0.123. The van der Waals surface area contributed by atoms with Crippen LogP contribution in [0.15, 0.2) is 9.79 Å². The summed E-state index contributed by atoms with van der Waals surface area (Å²) in [5.41, 5.74) is 6.95. The Kier molecular flexibility index (Phi) is 5.94. The number of piperidine rings is 1. The van der Waals surface area contributed by atoms with E-state index in [-0.39, 0.29) is 30.0 Å². The fourth-order valence-electron chi connectivity index (χ4n) is 3.71. The quantitative estimate of drug-likeness (QED) is 0.715. The number of aliphatic imine (C=N–C) groups is 1. The van der Waals surface area contributed by atoms with Gasteiger partial charge >= 0.3 is 0 Å². The molecule has 1 unspecified atom stereocenters. The van der Waals surface area contributed by atoms with Gasteiger partial charge in [-0.25, -0.2) is 4.68 Å². The normalized spacial score (nSPS) is 21.1. The molecule has 0 aromatic carbocycles. The third kappa shape index (κ3) is 4.55. The Morgan fingerprint density at radius 3 is 2.78 bits per heavy atom. The molecule has 2 aliphatic rings. The van der Waals surface area contributed by atoms with Gasteiger partial charge in [0.2, 0.25) is 5.91 Å². The van der Waals surface area contributed by atoms with Crippen molar-refractivity contribution in [2.75, 3.05) is 25.9 Å². The molecule has 0 spiro atoms. The van der Waals surface area contributed by atoms with E-state index < -0.39 is 0 Å². The molecule has 3 N–H and O–H groups in total. The molecule has 1 atom stereocenters. The molecule has 1 saturated carbocycles. The maximum atomic E-state index is 12.7. The van der Waals surface area contributed by atoms with Crippen LogP contribution in [0.25, 0.3) is 0 Å². The van der Waals surface area contributed by atoms with Crippen LogP contribution in [0.4, 0.5) is 5.69 Å². The first kappa shape index (κ1) is 19.5. The van der Waals surface area contributed by atoms with Crippen LogP contribution >= 0.6 is 0 Å². The molecule has 1 aromatic rings. The summed E-state index contributed by atoms with van der Waals surface area (Å²) in [5, 5.41) is 7.42. The van der Waals surface area contributed by atoms with Gasteiger partial charge in [0, 0.05) is 31.9 Å². The van der Waals surface area contributed by atoms with Gasteiger partial charge in [-0.05, 0) is 38.1 Å². The van der Waals surface area contributed by atoms with Crippen molar-refractivity contribution in [3.63, 3.8) is 0 Å². The second kappa shape index (κ2) is 8.21. The van der Waals surface area contributed by atoms with Crippen LogP contribution in [0.1, 0.15) is 56.7 Å². The minimum absolute atomic E-state index is 0.0364. The predicted molar refractivity (Wildman–Crippen MR) is 106 cm³/mol. The van der Waals surface area contributed by atoms with Gasteiger partial charge in [0.25, 0.3) is 5.56 Å². The zero-order valence-corrected chi connectivity index (χ0v) is 16.4. The smallest absolute Gasteiger partial charge is 0.278 e. The molecule has 2 fully saturated rings. The molecular weight excluding hydrogens is 344 g/mol. The summed E-state index contributed by atoms with van der Waals surface area (Å²) >= 11 is 0. The average Bonchev–Trinajstić information content (AvgIpc) is 3.46. The Labute approximate surface area is 159 Å². The number of nitrogens with zero attached hydrogens (tertiary/aromatic N) is 4. The largest absolute Gasteiger partial charge is 0.396 e. The number of likely N-dealkylation sites (tertiary alicyclic amines) is 1. The molecule has 0 radical (unpaired) electrons. The van der Waals surface area contributed by atoms with Crippen molar-refractivity contribution in [2.45, 2.75) is 64.1 Å². The van der Waals surface area contributed by atoms with Crippen LogP contribution < -0.4 is 16.6 Å². The number of carbonyl (C=O) groups excluding carboxylic acids is 1. The Bertz CT molecular complexity index is 781. The third-order valence-corrected chi connectivity index (χ3v) is 5.24. The number of aromatic nitrogens is 2. The topological polar surface area (TPSA) is 106 Å². The van der Waals surface area contributed by atoms with E-state index in [1.807, 2.05) is 13.8 Å². The minimum atomic E-state index is -0.388. The van der Waals surface area contributed by atoms with E-state index in [4.69, 9.17) is 5.73 Å². The van der Waals surface area contributed by atoms with Crippen LogP contribution in [0.5, 0.6) is 0 Å². The molecule has 1 amide bonds. The molecule has 0 bridgehead atoms. The second-order valence-electron chi connectivity index (χ2n) is 7.85. The molecule has 8 heteroatoms. The number of hydrogen-bond acceptors (Lipinski definition) is 6. The number of nitrogen functional groups attached to an aromatic ring is 1. The molecular formula is C19H30N6O2. The molecule has 27 heavy (non-hydrogen) atoms. The molecule has 8 nitrogen and oxygen atoms in total. The lowest BCUT2D eigenvalue weighted by atomic mass is 10.1. The number of rotatable bonds is 6. The minimum Gasteiger partial charge on any atom is -0.396 e. The van der Waals surface area contributed by atoms with Gasteiger partial charge in [0.1, 0.15) is 6.54 Å². The fraction of sp³-hybridized carbons (Fsp3) is 0.684.